The van der Waals surface area contributed by atoms with Crippen LogP contribution >= 0.6 is 11.3 Å². The van der Waals surface area contributed by atoms with Crippen LogP contribution in [0.25, 0.3) is 10.1 Å². The van der Waals surface area contributed by atoms with Gasteiger partial charge in [0, 0.05) is 11.5 Å². The fourth-order valence-electron chi connectivity index (χ4n) is 1.28. The van der Waals surface area contributed by atoms with E-state index in [0.29, 0.717) is 10.6 Å². The topological polar surface area (TPSA) is 53.2 Å². The lowest BCUT2D eigenvalue weighted by Gasteiger charge is -2.00. The van der Waals surface area contributed by atoms with E-state index in [1.165, 1.54) is 18.4 Å². The van der Waals surface area contributed by atoms with Crippen LogP contribution in [-0.2, 0) is 0 Å². The largest absolute Gasteiger partial charge is 0.506 e. The Balaban J connectivity index is 2.75. The van der Waals surface area contributed by atoms with Gasteiger partial charge in [0.15, 0.2) is 0 Å². The summed E-state index contributed by atoms with van der Waals surface area (Å²) in [4.78, 5) is 0.587. The van der Waals surface area contributed by atoms with E-state index < -0.39 is 0 Å². The second kappa shape index (κ2) is 3.20. The highest BCUT2D eigenvalue weighted by Gasteiger charge is 2.07. The van der Waals surface area contributed by atoms with Crippen LogP contribution in [0.15, 0.2) is 18.2 Å². The number of rotatable bonds is 1. The number of fused-ring (bicyclic) bond motifs is 1. The Hall–Kier alpha value is -1.73. The summed E-state index contributed by atoms with van der Waals surface area (Å²) in [6.07, 6.45) is 0. The highest BCUT2D eigenvalue weighted by atomic mass is 32.1. The minimum atomic E-state index is 0.158. The highest BCUT2D eigenvalue weighted by molar-refractivity contribution is 7.19. The maximum absolute atomic E-state index is 9.61. The predicted molar refractivity (Wildman–Crippen MR) is 54.8 cm³/mol. The molecule has 0 aliphatic rings. The molecular weight excluding hydrogens is 198 g/mol. The molecule has 2 rings (SSSR count). The van der Waals surface area contributed by atoms with Crippen molar-refractivity contribution in [3.05, 3.63) is 23.1 Å². The molecule has 1 aromatic carbocycles. The summed E-state index contributed by atoms with van der Waals surface area (Å²) in [7, 11) is 1.54. The second-order valence-corrected chi connectivity index (χ2v) is 3.84. The van der Waals surface area contributed by atoms with Crippen molar-refractivity contribution in [2.75, 3.05) is 7.11 Å². The number of phenolic OH excluding ortho intramolecular Hbond substituents is 1. The number of benzene rings is 1. The lowest BCUT2D eigenvalue weighted by atomic mass is 10.2. The van der Waals surface area contributed by atoms with Crippen molar-refractivity contribution < 1.29 is 9.84 Å². The Morgan fingerprint density at radius 1 is 1.43 bits per heavy atom. The van der Waals surface area contributed by atoms with Gasteiger partial charge in [0.05, 0.1) is 11.8 Å². The Bertz CT molecular complexity index is 525. The molecule has 14 heavy (non-hydrogen) atoms. The number of ether oxygens (including phenoxy) is 1. The molecule has 70 valence electrons. The van der Waals surface area contributed by atoms with Crippen LogP contribution in [-0.4, -0.2) is 12.2 Å². The Labute approximate surface area is 84.8 Å². The SMILES string of the molecule is COc1cc(O)c2sc(C#N)cc2c1. The van der Waals surface area contributed by atoms with Gasteiger partial charge in [-0.2, -0.15) is 5.26 Å². The van der Waals surface area contributed by atoms with Gasteiger partial charge in [0.25, 0.3) is 0 Å². The van der Waals surface area contributed by atoms with Crippen LogP contribution in [0.5, 0.6) is 11.5 Å². The van der Waals surface area contributed by atoms with Crippen LogP contribution in [0.1, 0.15) is 4.88 Å². The smallest absolute Gasteiger partial charge is 0.137 e. The van der Waals surface area contributed by atoms with Gasteiger partial charge in [0.1, 0.15) is 22.4 Å². The third-order valence-corrected chi connectivity index (χ3v) is 2.99. The third-order valence-electron chi connectivity index (χ3n) is 1.92. The molecule has 0 bridgehead atoms. The van der Waals surface area contributed by atoms with Crippen LogP contribution < -0.4 is 4.74 Å². The molecule has 1 N–H and O–H groups in total. The predicted octanol–water partition coefficient (Wildman–Crippen LogP) is 2.49. The van der Waals surface area contributed by atoms with Gasteiger partial charge in [-0.25, -0.2) is 0 Å². The Morgan fingerprint density at radius 2 is 2.21 bits per heavy atom. The molecule has 0 atom stereocenters. The van der Waals surface area contributed by atoms with Gasteiger partial charge in [-0.3, -0.25) is 0 Å². The van der Waals surface area contributed by atoms with E-state index in [-0.39, 0.29) is 5.75 Å². The molecule has 0 spiro atoms. The Kier molecular flexibility index (Phi) is 2.02. The zero-order valence-corrected chi connectivity index (χ0v) is 8.26. The molecular formula is C10H7NO2S. The molecule has 3 nitrogen and oxygen atoms in total. The van der Waals surface area contributed by atoms with Crippen molar-refractivity contribution in [1.82, 2.24) is 0 Å². The summed E-state index contributed by atoms with van der Waals surface area (Å²) in [5, 5.41) is 19.2. The molecule has 0 saturated carbocycles. The van der Waals surface area contributed by atoms with Gasteiger partial charge >= 0.3 is 0 Å². The number of aromatic hydroxyl groups is 1. The van der Waals surface area contributed by atoms with Crippen molar-refractivity contribution >= 4 is 21.4 Å². The van der Waals surface area contributed by atoms with E-state index in [4.69, 9.17) is 10.00 Å². The van der Waals surface area contributed by atoms with Gasteiger partial charge < -0.3 is 9.84 Å². The Morgan fingerprint density at radius 3 is 2.86 bits per heavy atom. The van der Waals surface area contributed by atoms with Crippen molar-refractivity contribution in [2.45, 2.75) is 0 Å². The molecule has 0 aliphatic carbocycles. The average Bonchev–Trinajstić information content (AvgIpc) is 2.61. The molecule has 0 unspecified atom stereocenters. The number of hydrogen-bond donors (Lipinski definition) is 1. The third kappa shape index (κ3) is 1.28. The molecule has 4 heteroatoms. The van der Waals surface area contributed by atoms with Crippen molar-refractivity contribution in [1.29, 1.82) is 5.26 Å². The van der Waals surface area contributed by atoms with E-state index in [0.717, 1.165) is 10.1 Å². The van der Waals surface area contributed by atoms with E-state index in [2.05, 4.69) is 0 Å². The summed E-state index contributed by atoms with van der Waals surface area (Å²) in [5.41, 5.74) is 0. The number of nitriles is 1. The normalized spacial score (nSPS) is 10.0. The second-order valence-electron chi connectivity index (χ2n) is 2.79. The fourth-order valence-corrected chi connectivity index (χ4v) is 2.13. The van der Waals surface area contributed by atoms with Crippen molar-refractivity contribution in [2.24, 2.45) is 0 Å². The number of phenols is 1. The van der Waals surface area contributed by atoms with Gasteiger partial charge in [-0.1, -0.05) is 0 Å². The molecule has 1 aromatic heterocycles. The lowest BCUT2D eigenvalue weighted by Crippen LogP contribution is -1.80. The van der Waals surface area contributed by atoms with Crippen molar-refractivity contribution in [3.8, 4) is 17.6 Å². The van der Waals surface area contributed by atoms with E-state index in [1.807, 2.05) is 6.07 Å². The summed E-state index contributed by atoms with van der Waals surface area (Å²) in [6, 6.07) is 7.13. The first kappa shape index (κ1) is 8.85. The van der Waals surface area contributed by atoms with Gasteiger partial charge in [0.2, 0.25) is 0 Å². The summed E-state index contributed by atoms with van der Waals surface area (Å²) in [5.74, 6) is 0.753. The molecule has 0 saturated heterocycles. The quantitative estimate of drug-likeness (QED) is 0.778. The van der Waals surface area contributed by atoms with Crippen LogP contribution in [0.3, 0.4) is 0 Å². The number of thiophene rings is 1. The summed E-state index contributed by atoms with van der Waals surface area (Å²) < 4.78 is 5.73. The molecule has 0 radical (unpaired) electrons. The number of methoxy groups -OCH3 is 1. The summed E-state index contributed by atoms with van der Waals surface area (Å²) >= 11 is 1.28. The molecule has 0 amide bonds. The monoisotopic (exact) mass is 205 g/mol. The standard InChI is InChI=1S/C10H7NO2S/c1-13-7-2-6-3-8(5-11)14-10(6)9(12)4-7/h2-4,12H,1H3. The molecule has 0 aliphatic heterocycles. The minimum Gasteiger partial charge on any atom is -0.506 e. The maximum Gasteiger partial charge on any atom is 0.137 e. The first-order valence-corrected chi connectivity index (χ1v) is 4.77. The zero-order chi connectivity index (χ0) is 10.1. The fraction of sp³-hybridized carbons (Fsp3) is 0.100. The first-order valence-electron chi connectivity index (χ1n) is 3.95. The van der Waals surface area contributed by atoms with Crippen molar-refractivity contribution in [3.63, 3.8) is 0 Å². The minimum absolute atomic E-state index is 0.158. The van der Waals surface area contributed by atoms with Gasteiger partial charge in [-0.05, 0) is 12.1 Å². The van der Waals surface area contributed by atoms with Crippen LogP contribution in [0.4, 0.5) is 0 Å². The average molecular weight is 205 g/mol. The van der Waals surface area contributed by atoms with Crippen LogP contribution in [0, 0.1) is 11.3 Å². The van der Waals surface area contributed by atoms with Gasteiger partial charge in [-0.15, -0.1) is 11.3 Å². The summed E-state index contributed by atoms with van der Waals surface area (Å²) in [6.45, 7) is 0. The lowest BCUT2D eigenvalue weighted by molar-refractivity contribution is 0.409. The maximum atomic E-state index is 9.61. The molecule has 1 heterocycles. The molecule has 2 aromatic rings. The number of nitrogens with zero attached hydrogens (tertiary/aromatic N) is 1. The molecule has 0 fully saturated rings. The van der Waals surface area contributed by atoms with E-state index in [1.54, 1.807) is 18.2 Å². The first-order chi connectivity index (χ1) is 6.74. The van der Waals surface area contributed by atoms with Crippen LogP contribution in [0.2, 0.25) is 0 Å². The zero-order valence-electron chi connectivity index (χ0n) is 7.44. The van der Waals surface area contributed by atoms with E-state index in [9.17, 15) is 5.11 Å². The number of hydrogen-bond acceptors (Lipinski definition) is 4. The van der Waals surface area contributed by atoms with E-state index >= 15 is 0 Å². The highest BCUT2D eigenvalue weighted by Crippen LogP contribution is 2.36.